The fraction of sp³-hybridized carbons (Fsp3) is 0.500. The topological polar surface area (TPSA) is 59.6 Å². The molecule has 1 aliphatic heterocycles. The molecule has 1 aliphatic rings. The molecule has 1 atom stereocenters. The van der Waals surface area contributed by atoms with E-state index in [1.165, 1.54) is 0 Å². The molecule has 5 heteroatoms. The fourth-order valence-electron chi connectivity index (χ4n) is 2.05. The van der Waals surface area contributed by atoms with E-state index in [4.69, 9.17) is 9.47 Å². The Kier molecular flexibility index (Phi) is 5.18. The highest BCUT2D eigenvalue weighted by atomic mass is 16.5. The largest absolute Gasteiger partial charge is 0.491 e. The zero-order valence-corrected chi connectivity index (χ0v) is 11.1. The maximum absolute atomic E-state index is 11.6. The average molecular weight is 264 g/mol. The summed E-state index contributed by atoms with van der Waals surface area (Å²) in [6.45, 7) is 2.19. The van der Waals surface area contributed by atoms with Gasteiger partial charge in [0.05, 0.1) is 12.6 Å². The summed E-state index contributed by atoms with van der Waals surface area (Å²) in [5.41, 5.74) is 1.12. The van der Waals surface area contributed by atoms with Crippen molar-refractivity contribution >= 4 is 5.91 Å². The van der Waals surface area contributed by atoms with Gasteiger partial charge in [0.1, 0.15) is 12.4 Å². The summed E-state index contributed by atoms with van der Waals surface area (Å²) in [5.74, 6) is 0.904. The number of ether oxygens (including phenoxy) is 2. The first-order chi connectivity index (χ1) is 9.31. The van der Waals surface area contributed by atoms with Gasteiger partial charge in [-0.3, -0.25) is 10.1 Å². The van der Waals surface area contributed by atoms with Crippen molar-refractivity contribution < 1.29 is 14.3 Å². The molecule has 19 heavy (non-hydrogen) atoms. The van der Waals surface area contributed by atoms with Crippen LogP contribution in [0.25, 0.3) is 0 Å². The average Bonchev–Trinajstić information content (AvgIpc) is 2.85. The summed E-state index contributed by atoms with van der Waals surface area (Å²) in [4.78, 5) is 11.6. The predicted molar refractivity (Wildman–Crippen MR) is 72.2 cm³/mol. The van der Waals surface area contributed by atoms with Crippen molar-refractivity contribution in [2.75, 3.05) is 33.4 Å². The van der Waals surface area contributed by atoms with Gasteiger partial charge in [0, 0.05) is 25.8 Å². The van der Waals surface area contributed by atoms with Crippen LogP contribution in [0.3, 0.4) is 0 Å². The summed E-state index contributed by atoms with van der Waals surface area (Å²) in [7, 11) is 1.65. The van der Waals surface area contributed by atoms with Crippen LogP contribution >= 0.6 is 0 Å². The van der Waals surface area contributed by atoms with E-state index in [1.807, 2.05) is 24.3 Å². The Labute approximate surface area is 113 Å². The quantitative estimate of drug-likeness (QED) is 0.717. The summed E-state index contributed by atoms with van der Waals surface area (Å²) in [6, 6.07) is 8.00. The third-order valence-electron chi connectivity index (χ3n) is 3.06. The maximum Gasteiger partial charge on any atom is 0.233 e. The highest BCUT2D eigenvalue weighted by molar-refractivity contribution is 5.78. The minimum absolute atomic E-state index is 0.000448. The monoisotopic (exact) mass is 264 g/mol. The van der Waals surface area contributed by atoms with Gasteiger partial charge in [-0.1, -0.05) is 18.2 Å². The lowest BCUT2D eigenvalue weighted by atomic mass is 10.1. The minimum atomic E-state index is 0.000448. The van der Waals surface area contributed by atoms with Gasteiger partial charge in [0.2, 0.25) is 5.91 Å². The number of para-hydroxylation sites is 1. The number of hydrogen-bond acceptors (Lipinski definition) is 4. The molecule has 0 spiro atoms. The Hall–Kier alpha value is -1.59. The van der Waals surface area contributed by atoms with Gasteiger partial charge >= 0.3 is 0 Å². The second-order valence-corrected chi connectivity index (χ2v) is 4.48. The molecular formula is C14H20N2O3. The predicted octanol–water partition coefficient (Wildman–Crippen LogP) is 0.862. The minimum Gasteiger partial charge on any atom is -0.491 e. The Bertz CT molecular complexity index is 423. The Balaban J connectivity index is 1.70. The molecular weight excluding hydrogens is 244 g/mol. The molecule has 0 radical (unpaired) electrons. The normalized spacial score (nSPS) is 16.8. The van der Waals surface area contributed by atoms with Gasteiger partial charge < -0.3 is 14.8 Å². The molecule has 0 saturated carbocycles. The Morgan fingerprint density at radius 2 is 2.32 bits per heavy atom. The van der Waals surface area contributed by atoms with Crippen molar-refractivity contribution in [3.8, 4) is 5.75 Å². The number of amides is 1. The number of benzene rings is 1. The third kappa shape index (κ3) is 3.94. The van der Waals surface area contributed by atoms with E-state index < -0.39 is 0 Å². The van der Waals surface area contributed by atoms with E-state index in [1.54, 1.807) is 7.11 Å². The molecule has 5 nitrogen and oxygen atoms in total. The van der Waals surface area contributed by atoms with E-state index in [9.17, 15) is 4.79 Å². The second kappa shape index (κ2) is 7.11. The van der Waals surface area contributed by atoms with Crippen LogP contribution in [0.5, 0.6) is 5.75 Å². The molecule has 2 rings (SSSR count). The molecule has 1 unspecified atom stereocenters. The van der Waals surface area contributed by atoms with Gasteiger partial charge in [-0.25, -0.2) is 0 Å². The first-order valence-electron chi connectivity index (χ1n) is 6.52. The van der Waals surface area contributed by atoms with Crippen molar-refractivity contribution in [1.82, 2.24) is 10.6 Å². The zero-order chi connectivity index (χ0) is 13.5. The smallest absolute Gasteiger partial charge is 0.233 e. The number of methoxy groups -OCH3 is 1. The third-order valence-corrected chi connectivity index (χ3v) is 3.06. The summed E-state index contributed by atoms with van der Waals surface area (Å²) in [6.07, 6.45) is 0.831. The van der Waals surface area contributed by atoms with E-state index in [0.29, 0.717) is 26.3 Å². The lowest BCUT2D eigenvalue weighted by Gasteiger charge is -2.11. The van der Waals surface area contributed by atoms with E-state index >= 15 is 0 Å². The van der Waals surface area contributed by atoms with Crippen molar-refractivity contribution in [3.05, 3.63) is 29.8 Å². The molecule has 1 heterocycles. The van der Waals surface area contributed by atoms with Crippen LogP contribution in [0.2, 0.25) is 0 Å². The van der Waals surface area contributed by atoms with Crippen LogP contribution in [0.4, 0.5) is 0 Å². The zero-order valence-electron chi connectivity index (χ0n) is 11.1. The van der Waals surface area contributed by atoms with Crippen LogP contribution in [0.15, 0.2) is 24.3 Å². The number of rotatable bonds is 7. The molecule has 0 aliphatic carbocycles. The second-order valence-electron chi connectivity index (χ2n) is 4.48. The van der Waals surface area contributed by atoms with Crippen LogP contribution in [0.1, 0.15) is 18.0 Å². The molecule has 0 bridgehead atoms. The highest BCUT2D eigenvalue weighted by Gasteiger charge is 2.23. The lowest BCUT2D eigenvalue weighted by molar-refractivity contribution is -0.120. The summed E-state index contributed by atoms with van der Waals surface area (Å²) in [5, 5.41) is 6.05. The standard InChI is InChI=1S/C14H20N2O3/c1-18-8-4-7-15-14(17)9-16-12-10-19-13-6-3-2-5-11(12)13/h2-3,5-6,12,16H,4,7-10H2,1H3,(H,15,17). The van der Waals surface area contributed by atoms with Gasteiger partial charge in [0.25, 0.3) is 0 Å². The van der Waals surface area contributed by atoms with Gasteiger partial charge in [0.15, 0.2) is 0 Å². The van der Waals surface area contributed by atoms with Gasteiger partial charge in [-0.15, -0.1) is 0 Å². The van der Waals surface area contributed by atoms with Crippen LogP contribution < -0.4 is 15.4 Å². The van der Waals surface area contributed by atoms with E-state index in [-0.39, 0.29) is 11.9 Å². The number of fused-ring (bicyclic) bond motifs is 1. The Morgan fingerprint density at radius 3 is 3.16 bits per heavy atom. The van der Waals surface area contributed by atoms with Gasteiger partial charge in [-0.05, 0) is 12.5 Å². The molecule has 1 aromatic rings. The number of carbonyl (C=O) groups excluding carboxylic acids is 1. The first-order valence-corrected chi connectivity index (χ1v) is 6.52. The van der Waals surface area contributed by atoms with Crippen LogP contribution in [0, 0.1) is 0 Å². The SMILES string of the molecule is COCCCNC(=O)CNC1COc2ccccc21. The number of carbonyl (C=O) groups is 1. The first kappa shape index (κ1) is 13.8. The van der Waals surface area contributed by atoms with Crippen LogP contribution in [-0.2, 0) is 9.53 Å². The van der Waals surface area contributed by atoms with Crippen molar-refractivity contribution in [2.24, 2.45) is 0 Å². The highest BCUT2D eigenvalue weighted by Crippen LogP contribution is 2.31. The lowest BCUT2D eigenvalue weighted by Crippen LogP contribution is -2.36. The molecule has 0 fully saturated rings. The van der Waals surface area contributed by atoms with Crippen molar-refractivity contribution in [1.29, 1.82) is 0 Å². The molecule has 0 aromatic heterocycles. The van der Waals surface area contributed by atoms with Crippen LogP contribution in [-0.4, -0.2) is 39.3 Å². The van der Waals surface area contributed by atoms with E-state index in [2.05, 4.69) is 10.6 Å². The van der Waals surface area contributed by atoms with Gasteiger partial charge in [-0.2, -0.15) is 0 Å². The van der Waals surface area contributed by atoms with Crippen molar-refractivity contribution in [3.63, 3.8) is 0 Å². The number of nitrogens with one attached hydrogen (secondary N) is 2. The molecule has 1 aromatic carbocycles. The number of hydrogen-bond donors (Lipinski definition) is 2. The molecule has 0 saturated heterocycles. The maximum atomic E-state index is 11.6. The van der Waals surface area contributed by atoms with E-state index in [0.717, 1.165) is 17.7 Å². The molecule has 104 valence electrons. The Morgan fingerprint density at radius 1 is 1.47 bits per heavy atom. The summed E-state index contributed by atoms with van der Waals surface area (Å²) < 4.78 is 10.5. The molecule has 2 N–H and O–H groups in total. The fourth-order valence-corrected chi connectivity index (χ4v) is 2.05. The molecule has 1 amide bonds. The van der Waals surface area contributed by atoms with Crippen molar-refractivity contribution in [2.45, 2.75) is 12.5 Å². The summed E-state index contributed by atoms with van der Waals surface area (Å²) >= 11 is 0.